The van der Waals surface area contributed by atoms with Gasteiger partial charge in [0.1, 0.15) is 0 Å². The first kappa shape index (κ1) is 22.5. The smallest absolute Gasteiger partial charge is 0.0577 e. The molecule has 0 aromatic carbocycles. The standard InChI is InChI=1S/C30H50O/c1-18(2)20(4)30(7)17-27(30)19(3)24-10-11-25-23-9-8-21-16-22(31)12-14-28(21,5)26(23)13-15-29(24,25)6/h8,18-20,22-27,31H,9-17H2,1-7H3/t19-,20+,22?,23-,24+,25-,26-,27+,28-,29+,30+/m0/s1. The zero-order chi connectivity index (χ0) is 22.3. The van der Waals surface area contributed by atoms with Gasteiger partial charge in [-0.05, 0) is 121 Å². The molecule has 5 aliphatic rings. The molecule has 1 N–H and O–H groups in total. The summed E-state index contributed by atoms with van der Waals surface area (Å²) in [6.07, 6.45) is 14.4. The van der Waals surface area contributed by atoms with E-state index in [-0.39, 0.29) is 6.10 Å². The zero-order valence-corrected chi connectivity index (χ0v) is 21.6. The van der Waals surface area contributed by atoms with Crippen molar-refractivity contribution in [2.45, 2.75) is 112 Å². The van der Waals surface area contributed by atoms with Gasteiger partial charge in [-0.25, -0.2) is 0 Å². The van der Waals surface area contributed by atoms with Gasteiger partial charge in [0.05, 0.1) is 6.10 Å². The summed E-state index contributed by atoms with van der Waals surface area (Å²) in [5.41, 5.74) is 3.17. The molecule has 0 saturated heterocycles. The van der Waals surface area contributed by atoms with Gasteiger partial charge >= 0.3 is 0 Å². The molecule has 4 saturated carbocycles. The van der Waals surface area contributed by atoms with Crippen LogP contribution in [0.1, 0.15) is 106 Å². The second kappa shape index (κ2) is 7.35. The van der Waals surface area contributed by atoms with Crippen LogP contribution in [0.5, 0.6) is 0 Å². The molecule has 0 amide bonds. The first-order valence-electron chi connectivity index (χ1n) is 13.9. The Morgan fingerprint density at radius 1 is 0.903 bits per heavy atom. The molecule has 0 aromatic heterocycles. The fourth-order valence-corrected chi connectivity index (χ4v) is 10.3. The highest BCUT2D eigenvalue weighted by atomic mass is 16.3. The highest BCUT2D eigenvalue weighted by Crippen LogP contribution is 2.71. The van der Waals surface area contributed by atoms with E-state index in [1.165, 1.54) is 44.9 Å². The van der Waals surface area contributed by atoms with E-state index in [0.29, 0.717) is 16.2 Å². The molecule has 176 valence electrons. The van der Waals surface area contributed by atoms with E-state index >= 15 is 0 Å². The first-order valence-corrected chi connectivity index (χ1v) is 13.9. The van der Waals surface area contributed by atoms with Crippen LogP contribution in [0.2, 0.25) is 0 Å². The van der Waals surface area contributed by atoms with Crippen molar-refractivity contribution >= 4 is 0 Å². The zero-order valence-electron chi connectivity index (χ0n) is 21.6. The molecule has 0 aliphatic heterocycles. The number of aliphatic hydroxyl groups is 1. The van der Waals surface area contributed by atoms with Gasteiger partial charge in [0.15, 0.2) is 0 Å². The molecule has 4 fully saturated rings. The number of aliphatic hydroxyl groups excluding tert-OH is 1. The normalized spacial score (nSPS) is 53.3. The Labute approximate surface area is 192 Å². The lowest BCUT2D eigenvalue weighted by atomic mass is 9.47. The quantitative estimate of drug-likeness (QED) is 0.453. The van der Waals surface area contributed by atoms with Gasteiger partial charge in [-0.3, -0.25) is 0 Å². The minimum Gasteiger partial charge on any atom is -0.393 e. The van der Waals surface area contributed by atoms with Crippen molar-refractivity contribution in [2.75, 3.05) is 0 Å². The number of rotatable bonds is 4. The minimum atomic E-state index is -0.0810. The van der Waals surface area contributed by atoms with Gasteiger partial charge in [0, 0.05) is 0 Å². The second-order valence-corrected chi connectivity index (χ2v) is 14.1. The van der Waals surface area contributed by atoms with Crippen LogP contribution in [0.4, 0.5) is 0 Å². The van der Waals surface area contributed by atoms with Crippen LogP contribution >= 0.6 is 0 Å². The second-order valence-electron chi connectivity index (χ2n) is 14.1. The summed E-state index contributed by atoms with van der Waals surface area (Å²) in [6.45, 7) is 17.9. The summed E-state index contributed by atoms with van der Waals surface area (Å²) >= 11 is 0. The SMILES string of the molecule is CC(C)[C@@H](C)[C@@]1(C)C[C@@H]1[C@@H](C)[C@H]1CC[C@H]2[C@@H]3CC=C4CC(O)CC[C@]4(C)[C@H]3CC[C@]12C. The number of allylic oxidation sites excluding steroid dienone is 1. The van der Waals surface area contributed by atoms with Crippen LogP contribution in [0.15, 0.2) is 11.6 Å². The van der Waals surface area contributed by atoms with Crippen LogP contribution in [-0.4, -0.2) is 11.2 Å². The Morgan fingerprint density at radius 2 is 1.65 bits per heavy atom. The van der Waals surface area contributed by atoms with Crippen molar-refractivity contribution in [3.63, 3.8) is 0 Å². The number of fused-ring (bicyclic) bond motifs is 5. The van der Waals surface area contributed by atoms with Gasteiger partial charge in [-0.15, -0.1) is 0 Å². The number of hydrogen-bond donors (Lipinski definition) is 1. The van der Waals surface area contributed by atoms with E-state index in [1.807, 2.05) is 0 Å². The third-order valence-electron chi connectivity index (χ3n) is 12.8. The molecule has 0 heterocycles. The molecule has 1 nitrogen and oxygen atoms in total. The summed E-state index contributed by atoms with van der Waals surface area (Å²) in [6, 6.07) is 0. The van der Waals surface area contributed by atoms with Crippen LogP contribution in [0.3, 0.4) is 0 Å². The predicted octanol–water partition coefficient (Wildman–Crippen LogP) is 7.88. The summed E-state index contributed by atoms with van der Waals surface area (Å²) in [5, 5.41) is 10.3. The van der Waals surface area contributed by atoms with Crippen LogP contribution in [0.25, 0.3) is 0 Å². The lowest BCUT2D eigenvalue weighted by Crippen LogP contribution is -2.51. The lowest BCUT2D eigenvalue weighted by molar-refractivity contribution is -0.0592. The summed E-state index contributed by atoms with van der Waals surface area (Å²) < 4.78 is 0. The largest absolute Gasteiger partial charge is 0.393 e. The van der Waals surface area contributed by atoms with Crippen LogP contribution < -0.4 is 0 Å². The van der Waals surface area contributed by atoms with Gasteiger partial charge < -0.3 is 5.11 Å². The Balaban J connectivity index is 1.35. The fourth-order valence-electron chi connectivity index (χ4n) is 10.3. The molecule has 1 unspecified atom stereocenters. The van der Waals surface area contributed by atoms with E-state index in [0.717, 1.165) is 60.2 Å². The maximum Gasteiger partial charge on any atom is 0.0577 e. The third-order valence-corrected chi connectivity index (χ3v) is 12.8. The van der Waals surface area contributed by atoms with E-state index in [9.17, 15) is 5.11 Å². The molecule has 5 rings (SSSR count). The van der Waals surface area contributed by atoms with Gasteiger partial charge in [-0.1, -0.05) is 60.1 Å². The van der Waals surface area contributed by atoms with Crippen LogP contribution in [0, 0.1) is 63.6 Å². The van der Waals surface area contributed by atoms with E-state index in [4.69, 9.17) is 0 Å². The van der Waals surface area contributed by atoms with Crippen molar-refractivity contribution in [2.24, 2.45) is 63.6 Å². The Bertz CT molecular complexity index is 737. The summed E-state index contributed by atoms with van der Waals surface area (Å²) in [7, 11) is 0. The Morgan fingerprint density at radius 3 is 2.35 bits per heavy atom. The fraction of sp³-hybridized carbons (Fsp3) is 0.933. The monoisotopic (exact) mass is 426 g/mol. The van der Waals surface area contributed by atoms with E-state index in [1.54, 1.807) is 5.57 Å². The van der Waals surface area contributed by atoms with Crippen molar-refractivity contribution in [3.05, 3.63) is 11.6 Å². The minimum absolute atomic E-state index is 0.0810. The maximum absolute atomic E-state index is 10.3. The molecule has 11 atom stereocenters. The molecular weight excluding hydrogens is 376 g/mol. The Hall–Kier alpha value is -0.300. The molecule has 0 radical (unpaired) electrons. The Kier molecular flexibility index (Phi) is 5.33. The highest BCUT2D eigenvalue weighted by Gasteiger charge is 2.63. The van der Waals surface area contributed by atoms with Crippen molar-refractivity contribution in [1.29, 1.82) is 0 Å². The topological polar surface area (TPSA) is 20.2 Å². The van der Waals surface area contributed by atoms with E-state index in [2.05, 4.69) is 54.5 Å². The van der Waals surface area contributed by atoms with Gasteiger partial charge in [0.25, 0.3) is 0 Å². The number of hydrogen-bond acceptors (Lipinski definition) is 1. The van der Waals surface area contributed by atoms with Gasteiger partial charge in [-0.2, -0.15) is 0 Å². The highest BCUT2D eigenvalue weighted by molar-refractivity contribution is 5.25. The molecule has 0 aromatic rings. The van der Waals surface area contributed by atoms with Crippen molar-refractivity contribution in [3.8, 4) is 0 Å². The summed E-state index contributed by atoms with van der Waals surface area (Å²) in [5.74, 6) is 7.17. The average molecular weight is 427 g/mol. The molecule has 1 heteroatoms. The molecule has 31 heavy (non-hydrogen) atoms. The maximum atomic E-state index is 10.3. The van der Waals surface area contributed by atoms with E-state index < -0.39 is 0 Å². The summed E-state index contributed by atoms with van der Waals surface area (Å²) in [4.78, 5) is 0. The molecule has 0 spiro atoms. The van der Waals surface area contributed by atoms with Crippen molar-refractivity contribution < 1.29 is 5.11 Å². The molecule has 5 aliphatic carbocycles. The molecule has 0 bridgehead atoms. The first-order chi connectivity index (χ1) is 14.5. The van der Waals surface area contributed by atoms with Gasteiger partial charge in [0.2, 0.25) is 0 Å². The van der Waals surface area contributed by atoms with Crippen molar-refractivity contribution in [1.82, 2.24) is 0 Å². The molecular formula is C30H50O. The lowest BCUT2D eigenvalue weighted by Gasteiger charge is -2.58. The average Bonchev–Trinajstić information content (AvgIpc) is 3.29. The third kappa shape index (κ3) is 3.18. The van der Waals surface area contributed by atoms with Crippen LogP contribution in [-0.2, 0) is 0 Å². The predicted molar refractivity (Wildman–Crippen MR) is 131 cm³/mol.